The third-order valence-corrected chi connectivity index (χ3v) is 4.52. The van der Waals surface area contributed by atoms with Crippen molar-refractivity contribution in [3.63, 3.8) is 0 Å². The minimum absolute atomic E-state index is 0.191. The zero-order valence-corrected chi connectivity index (χ0v) is 12.5. The maximum atomic E-state index is 13.5. The van der Waals surface area contributed by atoms with Gasteiger partial charge in [0.05, 0.1) is 5.41 Å². The van der Waals surface area contributed by atoms with Crippen LogP contribution in [0.4, 0.5) is 18.9 Å². The zero-order valence-electron chi connectivity index (χ0n) is 12.5. The molecule has 1 aliphatic carbocycles. The minimum atomic E-state index is -1.02. The average Bonchev–Trinajstić information content (AvgIpc) is 3.25. The molecule has 3 nitrogen and oxygen atoms in total. The van der Waals surface area contributed by atoms with Gasteiger partial charge in [0, 0.05) is 28.9 Å². The minimum Gasteiger partial charge on any atom is -0.361 e. The van der Waals surface area contributed by atoms with Gasteiger partial charge >= 0.3 is 0 Å². The van der Waals surface area contributed by atoms with Crippen molar-refractivity contribution in [3.05, 3.63) is 65.6 Å². The van der Waals surface area contributed by atoms with Gasteiger partial charge in [-0.15, -0.1) is 0 Å². The van der Waals surface area contributed by atoms with Gasteiger partial charge in [-0.05, 0) is 48.7 Å². The summed E-state index contributed by atoms with van der Waals surface area (Å²) in [6, 6.07) is 7.58. The number of rotatable bonds is 3. The van der Waals surface area contributed by atoms with E-state index in [-0.39, 0.29) is 17.4 Å². The number of aromatic amines is 1. The van der Waals surface area contributed by atoms with Crippen molar-refractivity contribution in [3.8, 4) is 0 Å². The van der Waals surface area contributed by atoms with Crippen LogP contribution in [-0.2, 0) is 10.2 Å². The average molecular weight is 330 g/mol. The highest BCUT2D eigenvalue weighted by atomic mass is 19.2. The highest BCUT2D eigenvalue weighted by Gasteiger charge is 2.52. The Morgan fingerprint density at radius 1 is 1.04 bits per heavy atom. The van der Waals surface area contributed by atoms with E-state index < -0.39 is 17.0 Å². The van der Waals surface area contributed by atoms with Crippen LogP contribution in [-0.4, -0.2) is 10.9 Å². The number of benzene rings is 2. The Morgan fingerprint density at radius 2 is 1.83 bits per heavy atom. The highest BCUT2D eigenvalue weighted by molar-refractivity contribution is 6.04. The fourth-order valence-corrected chi connectivity index (χ4v) is 3.06. The van der Waals surface area contributed by atoms with Gasteiger partial charge in [0.25, 0.3) is 0 Å². The van der Waals surface area contributed by atoms with Crippen molar-refractivity contribution in [1.82, 2.24) is 4.98 Å². The summed E-state index contributed by atoms with van der Waals surface area (Å²) in [6.07, 6.45) is 2.94. The maximum absolute atomic E-state index is 13.5. The topological polar surface area (TPSA) is 44.9 Å². The summed E-state index contributed by atoms with van der Waals surface area (Å²) < 4.78 is 39.8. The van der Waals surface area contributed by atoms with E-state index >= 15 is 0 Å². The lowest BCUT2D eigenvalue weighted by molar-refractivity contribution is -0.118. The molecule has 1 amide bonds. The SMILES string of the molecule is O=C(Nc1ccc(F)c(F)c1)C1(c2c[nH]c3ccc(F)cc23)CC1. The molecule has 122 valence electrons. The van der Waals surface area contributed by atoms with E-state index in [9.17, 15) is 18.0 Å². The van der Waals surface area contributed by atoms with Crippen LogP contribution < -0.4 is 5.32 Å². The lowest BCUT2D eigenvalue weighted by atomic mass is 9.94. The second-order valence-electron chi connectivity index (χ2n) is 6.06. The lowest BCUT2D eigenvalue weighted by Crippen LogP contribution is -2.27. The first-order valence-electron chi connectivity index (χ1n) is 7.53. The Kier molecular flexibility index (Phi) is 3.16. The largest absolute Gasteiger partial charge is 0.361 e. The van der Waals surface area contributed by atoms with Gasteiger partial charge in [-0.25, -0.2) is 13.2 Å². The van der Waals surface area contributed by atoms with Crippen molar-refractivity contribution in [2.45, 2.75) is 18.3 Å². The summed E-state index contributed by atoms with van der Waals surface area (Å²) in [5.41, 5.74) is 0.892. The first-order valence-corrected chi connectivity index (χ1v) is 7.53. The number of anilines is 1. The Bertz CT molecular complexity index is 960. The molecule has 1 saturated carbocycles. The number of H-pyrrole nitrogens is 1. The number of fused-ring (bicyclic) bond motifs is 1. The molecule has 3 aromatic rings. The van der Waals surface area contributed by atoms with Crippen LogP contribution in [0.5, 0.6) is 0 Å². The Labute approximate surface area is 135 Å². The Balaban J connectivity index is 1.68. The molecule has 1 fully saturated rings. The number of carbonyl (C=O) groups excluding carboxylic acids is 1. The van der Waals surface area contributed by atoms with Gasteiger partial charge in [-0.2, -0.15) is 0 Å². The van der Waals surface area contributed by atoms with E-state index in [1.165, 1.54) is 18.2 Å². The zero-order chi connectivity index (χ0) is 16.9. The fraction of sp³-hybridized carbons (Fsp3) is 0.167. The van der Waals surface area contributed by atoms with Crippen LogP contribution >= 0.6 is 0 Å². The van der Waals surface area contributed by atoms with Crippen LogP contribution in [0.15, 0.2) is 42.6 Å². The molecule has 0 aliphatic heterocycles. The summed E-state index contributed by atoms with van der Waals surface area (Å²) in [4.78, 5) is 15.7. The second kappa shape index (κ2) is 5.12. The normalized spacial score (nSPS) is 15.5. The molecule has 1 aromatic heterocycles. The van der Waals surface area contributed by atoms with E-state index in [1.54, 1.807) is 12.3 Å². The summed E-state index contributed by atoms with van der Waals surface area (Å²) in [5.74, 6) is -2.67. The van der Waals surface area contributed by atoms with Crippen molar-refractivity contribution >= 4 is 22.5 Å². The first kappa shape index (κ1) is 14.8. The number of hydrogen-bond acceptors (Lipinski definition) is 1. The fourth-order valence-electron chi connectivity index (χ4n) is 3.06. The predicted molar refractivity (Wildman–Crippen MR) is 84.2 cm³/mol. The molecule has 0 radical (unpaired) electrons. The van der Waals surface area contributed by atoms with Crippen LogP contribution in [0.1, 0.15) is 18.4 Å². The number of carbonyl (C=O) groups is 1. The van der Waals surface area contributed by atoms with E-state index in [0.29, 0.717) is 18.2 Å². The van der Waals surface area contributed by atoms with Gasteiger partial charge in [-0.3, -0.25) is 4.79 Å². The Hall–Kier alpha value is -2.76. The van der Waals surface area contributed by atoms with Gasteiger partial charge in [-0.1, -0.05) is 0 Å². The molecule has 24 heavy (non-hydrogen) atoms. The summed E-state index contributed by atoms with van der Waals surface area (Å²) in [7, 11) is 0. The molecule has 0 unspecified atom stereocenters. The van der Waals surface area contributed by atoms with E-state index in [2.05, 4.69) is 10.3 Å². The van der Waals surface area contributed by atoms with Crippen LogP contribution in [0, 0.1) is 17.5 Å². The standard InChI is InChI=1S/C18H13F3N2O/c19-10-1-4-16-12(7-10)13(9-22-16)18(5-6-18)17(24)23-11-2-3-14(20)15(21)8-11/h1-4,7-9,22H,5-6H2,(H,23,24). The molecular formula is C18H13F3N2O. The number of nitrogens with one attached hydrogen (secondary N) is 2. The molecule has 0 spiro atoms. The maximum Gasteiger partial charge on any atom is 0.235 e. The predicted octanol–water partition coefficient (Wildman–Crippen LogP) is 4.26. The number of halogens is 3. The summed E-state index contributed by atoms with van der Waals surface area (Å²) >= 11 is 0. The van der Waals surface area contributed by atoms with Gasteiger partial charge in [0.15, 0.2) is 11.6 Å². The monoisotopic (exact) mass is 330 g/mol. The molecule has 0 bridgehead atoms. The number of aromatic nitrogens is 1. The van der Waals surface area contributed by atoms with Crippen molar-refractivity contribution in [2.24, 2.45) is 0 Å². The number of hydrogen-bond donors (Lipinski definition) is 2. The van der Waals surface area contributed by atoms with E-state index in [1.807, 2.05) is 0 Å². The molecular weight excluding hydrogens is 317 g/mol. The van der Waals surface area contributed by atoms with Crippen molar-refractivity contribution in [2.75, 3.05) is 5.32 Å². The molecule has 1 heterocycles. The molecule has 0 atom stereocenters. The third-order valence-electron chi connectivity index (χ3n) is 4.52. The molecule has 2 aromatic carbocycles. The van der Waals surface area contributed by atoms with Crippen LogP contribution in [0.2, 0.25) is 0 Å². The van der Waals surface area contributed by atoms with Gasteiger partial charge < -0.3 is 10.3 Å². The van der Waals surface area contributed by atoms with Crippen LogP contribution in [0.3, 0.4) is 0 Å². The van der Waals surface area contributed by atoms with Gasteiger partial charge in [0.1, 0.15) is 5.82 Å². The Morgan fingerprint density at radius 3 is 2.54 bits per heavy atom. The first-order chi connectivity index (χ1) is 11.5. The summed E-state index contributed by atoms with van der Waals surface area (Å²) in [5, 5.41) is 3.29. The molecule has 6 heteroatoms. The third kappa shape index (κ3) is 2.26. The molecule has 1 aliphatic rings. The highest BCUT2D eigenvalue weighted by Crippen LogP contribution is 2.51. The molecule has 4 rings (SSSR count). The lowest BCUT2D eigenvalue weighted by Gasteiger charge is -2.15. The van der Waals surface area contributed by atoms with E-state index in [0.717, 1.165) is 23.2 Å². The van der Waals surface area contributed by atoms with Crippen molar-refractivity contribution in [1.29, 1.82) is 0 Å². The quantitative estimate of drug-likeness (QED) is 0.741. The smallest absolute Gasteiger partial charge is 0.235 e. The van der Waals surface area contributed by atoms with E-state index in [4.69, 9.17) is 0 Å². The van der Waals surface area contributed by atoms with Gasteiger partial charge in [0.2, 0.25) is 5.91 Å². The molecule has 2 N–H and O–H groups in total. The van der Waals surface area contributed by atoms with Crippen LogP contribution in [0.25, 0.3) is 10.9 Å². The number of amides is 1. The van der Waals surface area contributed by atoms with Crippen molar-refractivity contribution < 1.29 is 18.0 Å². The summed E-state index contributed by atoms with van der Waals surface area (Å²) in [6.45, 7) is 0. The molecule has 0 saturated heterocycles. The second-order valence-corrected chi connectivity index (χ2v) is 6.06.